The highest BCUT2D eigenvalue weighted by Gasteiger charge is 2.31. The number of rotatable bonds is 4. The molecule has 5 heteroatoms. The molecule has 0 spiro atoms. The molecule has 2 atom stereocenters. The monoisotopic (exact) mass is 242 g/mol. The predicted octanol–water partition coefficient (Wildman–Crippen LogP) is -0.310. The molecule has 0 aliphatic carbocycles. The molecule has 0 aromatic heterocycles. The molecule has 1 amide bonds. The summed E-state index contributed by atoms with van der Waals surface area (Å²) in [6.07, 6.45) is 2.19. The second-order valence-electron chi connectivity index (χ2n) is 4.84. The third-order valence-corrected chi connectivity index (χ3v) is 3.76. The Balaban J connectivity index is 1.90. The van der Waals surface area contributed by atoms with Gasteiger partial charge in [-0.3, -0.25) is 9.69 Å². The minimum Gasteiger partial charge on any atom is -0.394 e. The van der Waals surface area contributed by atoms with E-state index in [-0.39, 0.29) is 25.2 Å². The van der Waals surface area contributed by atoms with Crippen LogP contribution in [0.2, 0.25) is 0 Å². The van der Waals surface area contributed by atoms with Crippen LogP contribution in [0.25, 0.3) is 0 Å². The molecule has 0 bridgehead atoms. The quantitative estimate of drug-likeness (QED) is 0.735. The summed E-state index contributed by atoms with van der Waals surface area (Å²) in [5, 5.41) is 9.08. The SMILES string of the molecule is CCN1CCCC1CN1CC(CO)OCC1=O. The molecule has 17 heavy (non-hydrogen) atoms. The van der Waals surface area contributed by atoms with Gasteiger partial charge in [-0.25, -0.2) is 0 Å². The number of ether oxygens (including phenoxy) is 1. The summed E-state index contributed by atoms with van der Waals surface area (Å²) in [7, 11) is 0. The number of aliphatic hydroxyl groups excluding tert-OH is 1. The highest BCUT2D eigenvalue weighted by Crippen LogP contribution is 2.19. The first-order chi connectivity index (χ1) is 8.24. The maximum atomic E-state index is 11.7. The van der Waals surface area contributed by atoms with Crippen LogP contribution in [0.15, 0.2) is 0 Å². The van der Waals surface area contributed by atoms with Gasteiger partial charge < -0.3 is 14.7 Å². The van der Waals surface area contributed by atoms with Crippen molar-refractivity contribution in [3.63, 3.8) is 0 Å². The first-order valence-corrected chi connectivity index (χ1v) is 6.49. The Labute approximate surface area is 102 Å². The van der Waals surface area contributed by atoms with E-state index in [4.69, 9.17) is 9.84 Å². The van der Waals surface area contributed by atoms with Crippen LogP contribution >= 0.6 is 0 Å². The van der Waals surface area contributed by atoms with Crippen LogP contribution in [0, 0.1) is 0 Å². The van der Waals surface area contributed by atoms with Crippen molar-refractivity contribution in [2.24, 2.45) is 0 Å². The van der Waals surface area contributed by atoms with Crippen LogP contribution in [0.1, 0.15) is 19.8 Å². The fraction of sp³-hybridized carbons (Fsp3) is 0.917. The molecule has 0 aromatic carbocycles. The van der Waals surface area contributed by atoms with Crippen molar-refractivity contribution in [3.8, 4) is 0 Å². The predicted molar refractivity (Wildman–Crippen MR) is 63.7 cm³/mol. The van der Waals surface area contributed by atoms with Gasteiger partial charge >= 0.3 is 0 Å². The number of carbonyl (C=O) groups excluding carboxylic acids is 1. The zero-order valence-electron chi connectivity index (χ0n) is 10.5. The molecule has 2 aliphatic heterocycles. The van der Waals surface area contributed by atoms with Crippen LogP contribution in [-0.4, -0.2) is 72.4 Å². The molecule has 0 aromatic rings. The first kappa shape index (κ1) is 12.8. The summed E-state index contributed by atoms with van der Waals surface area (Å²) in [5.74, 6) is 0.0534. The average Bonchev–Trinajstić information content (AvgIpc) is 2.79. The van der Waals surface area contributed by atoms with Gasteiger partial charge in [0.1, 0.15) is 6.61 Å². The minimum absolute atomic E-state index is 0.00800. The summed E-state index contributed by atoms with van der Waals surface area (Å²) in [4.78, 5) is 16.0. The molecule has 0 saturated carbocycles. The second-order valence-corrected chi connectivity index (χ2v) is 4.84. The van der Waals surface area contributed by atoms with E-state index in [0.717, 1.165) is 19.6 Å². The van der Waals surface area contributed by atoms with E-state index in [9.17, 15) is 4.79 Å². The molecule has 2 fully saturated rings. The molecule has 2 rings (SSSR count). The summed E-state index contributed by atoms with van der Waals surface area (Å²) in [6.45, 7) is 5.78. The number of aliphatic hydroxyl groups is 1. The van der Waals surface area contributed by atoms with E-state index in [0.29, 0.717) is 12.6 Å². The van der Waals surface area contributed by atoms with Gasteiger partial charge in [0, 0.05) is 19.1 Å². The lowest BCUT2D eigenvalue weighted by atomic mass is 10.2. The van der Waals surface area contributed by atoms with Gasteiger partial charge in [0.15, 0.2) is 0 Å². The Morgan fingerprint density at radius 3 is 3.06 bits per heavy atom. The summed E-state index contributed by atoms with van der Waals surface area (Å²) in [5.41, 5.74) is 0. The number of likely N-dealkylation sites (tertiary alicyclic amines) is 1. The van der Waals surface area contributed by atoms with Crippen LogP contribution in [0.4, 0.5) is 0 Å². The molecule has 2 saturated heterocycles. The van der Waals surface area contributed by atoms with Gasteiger partial charge in [-0.1, -0.05) is 6.92 Å². The zero-order valence-corrected chi connectivity index (χ0v) is 10.5. The van der Waals surface area contributed by atoms with Gasteiger partial charge in [-0.2, -0.15) is 0 Å². The van der Waals surface area contributed by atoms with Gasteiger partial charge in [0.05, 0.1) is 12.7 Å². The number of likely N-dealkylation sites (N-methyl/N-ethyl adjacent to an activating group) is 1. The number of nitrogens with zero attached hydrogens (tertiary/aromatic N) is 2. The van der Waals surface area contributed by atoms with E-state index in [1.54, 1.807) is 0 Å². The zero-order chi connectivity index (χ0) is 12.3. The lowest BCUT2D eigenvalue weighted by Crippen LogP contribution is -2.52. The Hall–Kier alpha value is -0.650. The molecule has 2 unspecified atom stereocenters. The van der Waals surface area contributed by atoms with Gasteiger partial charge in [-0.05, 0) is 25.9 Å². The Bertz CT molecular complexity index is 272. The topological polar surface area (TPSA) is 53.0 Å². The van der Waals surface area contributed by atoms with Crippen molar-refractivity contribution in [1.82, 2.24) is 9.80 Å². The maximum absolute atomic E-state index is 11.7. The maximum Gasteiger partial charge on any atom is 0.248 e. The molecule has 1 N–H and O–H groups in total. The van der Waals surface area contributed by atoms with E-state index in [2.05, 4.69) is 11.8 Å². The van der Waals surface area contributed by atoms with Crippen molar-refractivity contribution < 1.29 is 14.6 Å². The second kappa shape index (κ2) is 5.80. The van der Waals surface area contributed by atoms with Crippen molar-refractivity contribution in [1.29, 1.82) is 0 Å². The standard InChI is InChI=1S/C12H22N2O3/c1-2-13-5-3-4-10(13)6-14-7-11(8-15)17-9-12(14)16/h10-11,15H,2-9H2,1H3. The fourth-order valence-corrected chi connectivity index (χ4v) is 2.74. The molecular weight excluding hydrogens is 220 g/mol. The minimum atomic E-state index is -0.204. The van der Waals surface area contributed by atoms with Gasteiger partial charge in [-0.15, -0.1) is 0 Å². The Kier molecular flexibility index (Phi) is 4.36. The van der Waals surface area contributed by atoms with E-state index in [1.165, 1.54) is 12.8 Å². The van der Waals surface area contributed by atoms with Crippen LogP contribution in [-0.2, 0) is 9.53 Å². The van der Waals surface area contributed by atoms with Gasteiger partial charge in [0.25, 0.3) is 0 Å². The van der Waals surface area contributed by atoms with Crippen molar-refractivity contribution in [2.45, 2.75) is 31.9 Å². The third kappa shape index (κ3) is 2.97. The van der Waals surface area contributed by atoms with E-state index < -0.39 is 0 Å². The Morgan fingerprint density at radius 1 is 1.53 bits per heavy atom. The lowest BCUT2D eigenvalue weighted by Gasteiger charge is -2.35. The third-order valence-electron chi connectivity index (χ3n) is 3.76. The molecular formula is C12H22N2O3. The molecule has 2 heterocycles. The number of hydrogen-bond donors (Lipinski definition) is 1. The lowest BCUT2D eigenvalue weighted by molar-refractivity contribution is -0.152. The number of carbonyl (C=O) groups is 1. The number of morpholine rings is 1. The van der Waals surface area contributed by atoms with Crippen molar-refractivity contribution in [2.75, 3.05) is 39.4 Å². The van der Waals surface area contributed by atoms with Crippen molar-refractivity contribution >= 4 is 5.91 Å². The highest BCUT2D eigenvalue weighted by atomic mass is 16.5. The molecule has 2 aliphatic rings. The number of amides is 1. The Morgan fingerprint density at radius 2 is 2.35 bits per heavy atom. The molecule has 98 valence electrons. The summed E-state index contributed by atoms with van der Waals surface area (Å²) < 4.78 is 5.23. The summed E-state index contributed by atoms with van der Waals surface area (Å²) in [6, 6.07) is 0.487. The number of hydrogen-bond acceptors (Lipinski definition) is 4. The largest absolute Gasteiger partial charge is 0.394 e. The smallest absolute Gasteiger partial charge is 0.248 e. The summed E-state index contributed by atoms with van der Waals surface area (Å²) >= 11 is 0. The normalized spacial score (nSPS) is 31.2. The van der Waals surface area contributed by atoms with Gasteiger partial charge in [0.2, 0.25) is 5.91 Å². The first-order valence-electron chi connectivity index (χ1n) is 6.49. The molecule has 0 radical (unpaired) electrons. The van der Waals surface area contributed by atoms with Crippen LogP contribution < -0.4 is 0 Å². The molecule has 5 nitrogen and oxygen atoms in total. The van der Waals surface area contributed by atoms with E-state index >= 15 is 0 Å². The van der Waals surface area contributed by atoms with Crippen LogP contribution in [0.5, 0.6) is 0 Å². The highest BCUT2D eigenvalue weighted by molar-refractivity contribution is 5.78. The average molecular weight is 242 g/mol. The van der Waals surface area contributed by atoms with Crippen molar-refractivity contribution in [3.05, 3.63) is 0 Å². The fourth-order valence-electron chi connectivity index (χ4n) is 2.74. The van der Waals surface area contributed by atoms with Crippen LogP contribution in [0.3, 0.4) is 0 Å². The van der Waals surface area contributed by atoms with E-state index in [1.807, 2.05) is 4.90 Å².